The number of carbonyl (C=O) groups is 1. The van der Waals surface area contributed by atoms with Gasteiger partial charge in [0.2, 0.25) is 11.8 Å². The van der Waals surface area contributed by atoms with E-state index in [1.165, 1.54) is 0 Å². The average molecular weight is 261 g/mol. The molecule has 0 spiro atoms. The Hall–Kier alpha value is -1.91. The number of hydrogen-bond donors (Lipinski definition) is 0. The lowest BCUT2D eigenvalue weighted by Crippen LogP contribution is -2.29. The molecule has 102 valence electrons. The molecule has 5 heteroatoms. The monoisotopic (exact) mass is 261 g/mol. The SMILES string of the molecule is CC(C)=CC(=O)N1CC[C@@H](Oc2ccc(C)nn2)C1. The van der Waals surface area contributed by atoms with Gasteiger partial charge in [0.25, 0.3) is 0 Å². The van der Waals surface area contributed by atoms with Crippen molar-refractivity contribution in [2.24, 2.45) is 0 Å². The second-order valence-electron chi connectivity index (χ2n) is 5.05. The third-order valence-corrected chi connectivity index (χ3v) is 2.93. The number of ether oxygens (including phenoxy) is 1. The minimum absolute atomic E-state index is 0.00604. The average Bonchev–Trinajstić information content (AvgIpc) is 2.80. The highest BCUT2D eigenvalue weighted by atomic mass is 16.5. The normalized spacial score (nSPS) is 18.3. The highest BCUT2D eigenvalue weighted by molar-refractivity contribution is 5.88. The molecule has 0 N–H and O–H groups in total. The van der Waals surface area contributed by atoms with Crippen molar-refractivity contribution < 1.29 is 9.53 Å². The smallest absolute Gasteiger partial charge is 0.246 e. The van der Waals surface area contributed by atoms with E-state index in [0.29, 0.717) is 12.4 Å². The van der Waals surface area contributed by atoms with Crippen LogP contribution < -0.4 is 4.74 Å². The maximum atomic E-state index is 11.9. The molecule has 0 aliphatic carbocycles. The van der Waals surface area contributed by atoms with Gasteiger partial charge in [0.15, 0.2) is 0 Å². The van der Waals surface area contributed by atoms with Gasteiger partial charge >= 0.3 is 0 Å². The van der Waals surface area contributed by atoms with Crippen LogP contribution in [0.4, 0.5) is 0 Å². The standard InChI is InChI=1S/C14H19N3O2/c1-10(2)8-14(18)17-7-6-12(9-17)19-13-5-4-11(3)15-16-13/h4-5,8,12H,6-7,9H2,1-3H3/t12-/m1/s1. The minimum Gasteiger partial charge on any atom is -0.471 e. The summed E-state index contributed by atoms with van der Waals surface area (Å²) in [5.41, 5.74) is 1.87. The van der Waals surface area contributed by atoms with Gasteiger partial charge in [-0.25, -0.2) is 0 Å². The van der Waals surface area contributed by atoms with Crippen molar-refractivity contribution in [1.82, 2.24) is 15.1 Å². The Balaban J connectivity index is 1.90. The van der Waals surface area contributed by atoms with E-state index < -0.39 is 0 Å². The first-order valence-corrected chi connectivity index (χ1v) is 6.45. The first kappa shape index (κ1) is 13.5. The summed E-state index contributed by atoms with van der Waals surface area (Å²) in [5.74, 6) is 0.577. The number of hydrogen-bond acceptors (Lipinski definition) is 4. The molecular weight excluding hydrogens is 242 g/mol. The van der Waals surface area contributed by atoms with Crippen molar-refractivity contribution in [2.75, 3.05) is 13.1 Å². The fraction of sp³-hybridized carbons (Fsp3) is 0.500. The molecule has 19 heavy (non-hydrogen) atoms. The van der Waals surface area contributed by atoms with Crippen molar-refractivity contribution >= 4 is 5.91 Å². The Bertz CT molecular complexity index is 478. The fourth-order valence-corrected chi connectivity index (χ4v) is 1.98. The first-order valence-electron chi connectivity index (χ1n) is 6.45. The maximum absolute atomic E-state index is 11.9. The van der Waals surface area contributed by atoms with E-state index in [0.717, 1.165) is 24.2 Å². The highest BCUT2D eigenvalue weighted by Crippen LogP contribution is 2.16. The van der Waals surface area contributed by atoms with Gasteiger partial charge in [-0.05, 0) is 26.8 Å². The molecular formula is C14H19N3O2. The number of aromatic nitrogens is 2. The van der Waals surface area contributed by atoms with E-state index in [1.54, 1.807) is 11.0 Å². The molecule has 0 radical (unpaired) electrons. The molecule has 5 nitrogen and oxygen atoms in total. The van der Waals surface area contributed by atoms with Crippen molar-refractivity contribution in [3.8, 4) is 5.88 Å². The predicted molar refractivity (Wildman–Crippen MR) is 71.8 cm³/mol. The second kappa shape index (κ2) is 5.82. The fourth-order valence-electron chi connectivity index (χ4n) is 1.98. The molecule has 0 bridgehead atoms. The van der Waals surface area contributed by atoms with Gasteiger partial charge in [-0.2, -0.15) is 5.10 Å². The molecule has 2 heterocycles. The molecule has 1 atom stereocenters. The van der Waals surface area contributed by atoms with Crippen LogP contribution in [0.5, 0.6) is 5.88 Å². The van der Waals surface area contributed by atoms with Crippen LogP contribution in [0.25, 0.3) is 0 Å². The third-order valence-electron chi connectivity index (χ3n) is 2.93. The van der Waals surface area contributed by atoms with Gasteiger partial charge in [-0.15, -0.1) is 5.10 Å². The number of likely N-dealkylation sites (tertiary alicyclic amines) is 1. The van der Waals surface area contributed by atoms with Crippen molar-refractivity contribution in [3.63, 3.8) is 0 Å². The van der Waals surface area contributed by atoms with Gasteiger partial charge in [0.1, 0.15) is 6.10 Å². The van der Waals surface area contributed by atoms with Crippen molar-refractivity contribution in [2.45, 2.75) is 33.3 Å². The zero-order valence-electron chi connectivity index (χ0n) is 11.6. The largest absolute Gasteiger partial charge is 0.471 e. The molecule has 1 aliphatic rings. The number of nitrogens with zero attached hydrogens (tertiary/aromatic N) is 3. The summed E-state index contributed by atoms with van der Waals surface area (Å²) < 4.78 is 5.73. The Morgan fingerprint density at radius 3 is 2.84 bits per heavy atom. The first-order chi connectivity index (χ1) is 9.04. The number of allylic oxidation sites excluding steroid dienone is 1. The Morgan fingerprint density at radius 1 is 1.42 bits per heavy atom. The quantitative estimate of drug-likeness (QED) is 0.778. The molecule has 2 rings (SSSR count). The van der Waals surface area contributed by atoms with Crippen LogP contribution >= 0.6 is 0 Å². The molecule has 1 fully saturated rings. The zero-order chi connectivity index (χ0) is 13.8. The molecule has 1 saturated heterocycles. The number of rotatable bonds is 3. The summed E-state index contributed by atoms with van der Waals surface area (Å²) in [5, 5.41) is 7.92. The summed E-state index contributed by atoms with van der Waals surface area (Å²) in [6.45, 7) is 7.06. The van der Waals surface area contributed by atoms with Crippen LogP contribution in [0, 0.1) is 6.92 Å². The van der Waals surface area contributed by atoms with Gasteiger partial charge < -0.3 is 9.64 Å². The van der Waals surface area contributed by atoms with Crippen LogP contribution in [-0.4, -0.2) is 40.2 Å². The van der Waals surface area contributed by atoms with Crippen molar-refractivity contribution in [1.29, 1.82) is 0 Å². The van der Waals surface area contributed by atoms with E-state index in [2.05, 4.69) is 10.2 Å². The summed E-state index contributed by atoms with van der Waals surface area (Å²) in [6, 6.07) is 3.67. The van der Waals surface area contributed by atoms with Gasteiger partial charge in [-0.3, -0.25) is 4.79 Å². The van der Waals surface area contributed by atoms with Crippen LogP contribution in [0.3, 0.4) is 0 Å². The van der Waals surface area contributed by atoms with Gasteiger partial charge in [-0.1, -0.05) is 5.57 Å². The van der Waals surface area contributed by atoms with E-state index in [1.807, 2.05) is 32.9 Å². The van der Waals surface area contributed by atoms with Gasteiger partial charge in [0.05, 0.1) is 12.2 Å². The Kier molecular flexibility index (Phi) is 4.14. The molecule has 0 unspecified atom stereocenters. The summed E-state index contributed by atoms with van der Waals surface area (Å²) in [7, 11) is 0. The molecule has 1 aromatic heterocycles. The van der Waals surface area contributed by atoms with Crippen LogP contribution in [0.1, 0.15) is 26.0 Å². The van der Waals surface area contributed by atoms with Crippen LogP contribution in [0.15, 0.2) is 23.8 Å². The second-order valence-corrected chi connectivity index (χ2v) is 5.05. The minimum atomic E-state index is 0.00604. The third kappa shape index (κ3) is 3.77. The summed E-state index contributed by atoms with van der Waals surface area (Å²) in [4.78, 5) is 13.7. The maximum Gasteiger partial charge on any atom is 0.246 e. The van der Waals surface area contributed by atoms with E-state index in [4.69, 9.17) is 4.74 Å². The number of carbonyl (C=O) groups excluding carboxylic acids is 1. The lowest BCUT2D eigenvalue weighted by molar-refractivity contribution is -0.125. The number of aryl methyl sites for hydroxylation is 1. The summed E-state index contributed by atoms with van der Waals surface area (Å²) in [6.07, 6.45) is 2.50. The predicted octanol–water partition coefficient (Wildman–Crippen LogP) is 1.73. The topological polar surface area (TPSA) is 55.3 Å². The van der Waals surface area contributed by atoms with Crippen LogP contribution in [-0.2, 0) is 4.79 Å². The molecule has 1 amide bonds. The lowest BCUT2D eigenvalue weighted by atomic mass is 10.3. The van der Waals surface area contributed by atoms with Gasteiger partial charge in [0, 0.05) is 25.1 Å². The van der Waals surface area contributed by atoms with Crippen LogP contribution in [0.2, 0.25) is 0 Å². The molecule has 1 aliphatic heterocycles. The van der Waals surface area contributed by atoms with E-state index in [-0.39, 0.29) is 12.0 Å². The Morgan fingerprint density at radius 2 is 2.21 bits per heavy atom. The Labute approximate surface area is 113 Å². The van der Waals surface area contributed by atoms with E-state index in [9.17, 15) is 4.79 Å². The zero-order valence-corrected chi connectivity index (χ0v) is 11.6. The molecule has 1 aromatic rings. The lowest BCUT2D eigenvalue weighted by Gasteiger charge is -2.15. The van der Waals surface area contributed by atoms with E-state index >= 15 is 0 Å². The molecule has 0 aromatic carbocycles. The van der Waals surface area contributed by atoms with Crippen molar-refractivity contribution in [3.05, 3.63) is 29.5 Å². The summed E-state index contributed by atoms with van der Waals surface area (Å²) >= 11 is 0. The molecule has 0 saturated carbocycles. The highest BCUT2D eigenvalue weighted by Gasteiger charge is 2.26. The number of amides is 1.